The molecule has 226 valence electrons. The number of aliphatic hydroxyl groups is 1. The van der Waals surface area contributed by atoms with Crippen molar-refractivity contribution >= 4 is 29.5 Å². The van der Waals surface area contributed by atoms with Gasteiger partial charge in [-0.05, 0) is 65.6 Å². The summed E-state index contributed by atoms with van der Waals surface area (Å²) in [6, 6.07) is -0.0474. The van der Waals surface area contributed by atoms with Crippen molar-refractivity contribution in [3.05, 3.63) is 28.7 Å². The average Bonchev–Trinajstić information content (AvgIpc) is 3.46. The number of fused-ring (bicyclic) bond motifs is 1. The number of amides is 2. The fraction of sp³-hybridized carbons (Fsp3) is 0.615. The summed E-state index contributed by atoms with van der Waals surface area (Å²) < 4.78 is 62.7. The normalized spacial score (nSPS) is 21.0. The second kappa shape index (κ2) is 11.6. The zero-order valence-corrected chi connectivity index (χ0v) is 24.4. The topological polar surface area (TPSA) is 135 Å². The molecule has 2 aromatic heterocycles. The SMILES string of the molecule is CC(C)(C)OC(=O)N[C@H]1COCC[C@H]1Nc1nc(-c2cc(C(F)F)ns2)c2c(c1F)CN(C(=O)OC(C)(C)C)C2O. The van der Waals surface area contributed by atoms with Crippen LogP contribution in [0.4, 0.5) is 28.6 Å². The molecule has 0 aromatic carbocycles. The van der Waals surface area contributed by atoms with Gasteiger partial charge in [-0.1, -0.05) is 0 Å². The Bertz CT molecular complexity index is 1300. The van der Waals surface area contributed by atoms with Gasteiger partial charge in [0.2, 0.25) is 0 Å². The van der Waals surface area contributed by atoms with E-state index >= 15 is 4.39 Å². The lowest BCUT2D eigenvalue weighted by Gasteiger charge is -2.33. The fourth-order valence-corrected chi connectivity index (χ4v) is 5.18. The number of anilines is 1. The number of aliphatic hydroxyl groups excluding tert-OH is 1. The van der Waals surface area contributed by atoms with E-state index < -0.39 is 59.6 Å². The van der Waals surface area contributed by atoms with Crippen molar-refractivity contribution < 1.29 is 42.1 Å². The smallest absolute Gasteiger partial charge is 0.412 e. The number of halogens is 3. The number of alkyl halides is 2. The minimum atomic E-state index is -2.85. The Labute approximate surface area is 239 Å². The molecule has 2 amide bonds. The molecule has 0 aliphatic carbocycles. The van der Waals surface area contributed by atoms with Crippen molar-refractivity contribution in [3.63, 3.8) is 0 Å². The molecule has 0 saturated carbocycles. The van der Waals surface area contributed by atoms with Crippen molar-refractivity contribution in [3.8, 4) is 10.6 Å². The lowest BCUT2D eigenvalue weighted by Crippen LogP contribution is -2.53. The molecule has 2 aromatic rings. The van der Waals surface area contributed by atoms with Crippen LogP contribution in [0.1, 0.15) is 77.4 Å². The van der Waals surface area contributed by atoms with Crippen LogP contribution in [0.3, 0.4) is 0 Å². The Hall–Kier alpha value is -3.17. The largest absolute Gasteiger partial charge is 0.444 e. The van der Waals surface area contributed by atoms with Gasteiger partial charge < -0.3 is 30.0 Å². The van der Waals surface area contributed by atoms with Crippen LogP contribution < -0.4 is 10.6 Å². The molecule has 0 spiro atoms. The number of nitrogens with one attached hydrogen (secondary N) is 2. The average molecular weight is 602 g/mol. The monoisotopic (exact) mass is 601 g/mol. The van der Waals surface area contributed by atoms with Crippen LogP contribution in [0, 0.1) is 5.82 Å². The molecular weight excluding hydrogens is 567 g/mol. The summed E-state index contributed by atoms with van der Waals surface area (Å²) in [6.07, 6.45) is -5.69. The molecule has 3 atom stereocenters. The van der Waals surface area contributed by atoms with E-state index in [1.807, 2.05) is 0 Å². The maximum absolute atomic E-state index is 16.0. The van der Waals surface area contributed by atoms with Crippen molar-refractivity contribution in [1.29, 1.82) is 0 Å². The first-order valence-corrected chi connectivity index (χ1v) is 13.8. The Kier molecular flexibility index (Phi) is 8.71. The quantitative estimate of drug-likeness (QED) is 0.427. The van der Waals surface area contributed by atoms with Gasteiger partial charge in [-0.25, -0.2) is 27.7 Å². The van der Waals surface area contributed by atoms with Gasteiger partial charge >= 0.3 is 12.2 Å². The number of carbonyl (C=O) groups excluding carboxylic acids is 2. The van der Waals surface area contributed by atoms with Crippen molar-refractivity contribution in [1.82, 2.24) is 19.6 Å². The van der Waals surface area contributed by atoms with E-state index in [0.29, 0.717) is 24.6 Å². The molecule has 2 aliphatic rings. The van der Waals surface area contributed by atoms with Crippen LogP contribution in [-0.2, 0) is 20.8 Å². The second-order valence-corrected chi connectivity index (χ2v) is 12.6. The molecule has 1 fully saturated rings. The molecule has 1 saturated heterocycles. The highest BCUT2D eigenvalue weighted by Crippen LogP contribution is 2.43. The highest BCUT2D eigenvalue weighted by Gasteiger charge is 2.41. The maximum Gasteiger partial charge on any atom is 0.412 e. The van der Waals surface area contributed by atoms with Gasteiger partial charge in [0.15, 0.2) is 17.9 Å². The van der Waals surface area contributed by atoms with Gasteiger partial charge in [-0.2, -0.15) is 4.37 Å². The Morgan fingerprint density at radius 1 is 1.17 bits per heavy atom. The Morgan fingerprint density at radius 2 is 1.85 bits per heavy atom. The van der Waals surface area contributed by atoms with E-state index in [1.165, 1.54) is 0 Å². The number of alkyl carbamates (subject to hydrolysis) is 1. The lowest BCUT2D eigenvalue weighted by molar-refractivity contribution is -0.0257. The predicted octanol–water partition coefficient (Wildman–Crippen LogP) is 5.12. The number of rotatable bonds is 5. The number of nitrogens with zero attached hydrogens (tertiary/aromatic N) is 3. The zero-order valence-electron chi connectivity index (χ0n) is 23.6. The van der Waals surface area contributed by atoms with Crippen LogP contribution in [0.5, 0.6) is 0 Å². The van der Waals surface area contributed by atoms with Gasteiger partial charge in [0.1, 0.15) is 16.9 Å². The number of carbonyl (C=O) groups is 2. The van der Waals surface area contributed by atoms with Gasteiger partial charge in [0.25, 0.3) is 6.43 Å². The molecule has 4 heterocycles. The van der Waals surface area contributed by atoms with Crippen LogP contribution in [0.2, 0.25) is 0 Å². The molecule has 11 nitrogen and oxygen atoms in total. The summed E-state index contributed by atoms with van der Waals surface area (Å²) in [4.78, 5) is 30.8. The predicted molar refractivity (Wildman–Crippen MR) is 143 cm³/mol. The van der Waals surface area contributed by atoms with Crippen LogP contribution in [0.25, 0.3) is 10.6 Å². The molecule has 3 N–H and O–H groups in total. The number of hydrogen-bond donors (Lipinski definition) is 3. The van der Waals surface area contributed by atoms with Crippen molar-refractivity contribution in [2.24, 2.45) is 0 Å². The summed E-state index contributed by atoms with van der Waals surface area (Å²) in [5.41, 5.74) is -2.22. The fourth-order valence-electron chi connectivity index (χ4n) is 4.43. The van der Waals surface area contributed by atoms with E-state index in [2.05, 4.69) is 20.0 Å². The van der Waals surface area contributed by atoms with Crippen LogP contribution in [0.15, 0.2) is 6.07 Å². The Morgan fingerprint density at radius 3 is 2.46 bits per heavy atom. The molecule has 0 radical (unpaired) electrons. The van der Waals surface area contributed by atoms with Crippen LogP contribution in [-0.4, -0.2) is 68.0 Å². The molecule has 15 heteroatoms. The van der Waals surface area contributed by atoms with E-state index in [-0.39, 0.29) is 40.7 Å². The highest BCUT2D eigenvalue weighted by atomic mass is 32.1. The molecule has 4 rings (SSSR count). The third-order valence-corrected chi connectivity index (χ3v) is 6.96. The number of pyridine rings is 1. The van der Waals surface area contributed by atoms with Gasteiger partial charge in [0.05, 0.1) is 35.8 Å². The molecule has 1 unspecified atom stereocenters. The first kappa shape index (κ1) is 30.8. The number of aromatic nitrogens is 2. The maximum atomic E-state index is 16.0. The third kappa shape index (κ3) is 7.19. The molecule has 0 bridgehead atoms. The standard InChI is InChI=1S/C26H34F3N5O6S/c1-25(2,3)39-23(36)31-15-11-38-8-7-13(15)30-21-18(27)12-10-34(24(37)40-26(4,5)6)22(35)17(12)19(32-21)16-9-14(20(28)29)33-41-16/h9,13,15,20,22,35H,7-8,10-11H2,1-6H3,(H,30,32)(H,31,36)/t13-,15+,22?/m1/s1. The van der Waals surface area contributed by atoms with Gasteiger partial charge in [-0.3, -0.25) is 4.90 Å². The molecule has 41 heavy (non-hydrogen) atoms. The van der Waals surface area contributed by atoms with E-state index in [4.69, 9.17) is 14.2 Å². The summed E-state index contributed by atoms with van der Waals surface area (Å²) in [7, 11) is 0. The first-order chi connectivity index (χ1) is 19.0. The van der Waals surface area contributed by atoms with Crippen molar-refractivity contribution in [2.75, 3.05) is 18.5 Å². The second-order valence-electron chi connectivity index (χ2n) is 11.8. The van der Waals surface area contributed by atoms with E-state index in [1.54, 1.807) is 41.5 Å². The van der Waals surface area contributed by atoms with Crippen molar-refractivity contribution in [2.45, 2.75) is 90.4 Å². The van der Waals surface area contributed by atoms with Gasteiger partial charge in [-0.15, -0.1) is 0 Å². The first-order valence-electron chi connectivity index (χ1n) is 13.0. The minimum absolute atomic E-state index is 0.00410. The van der Waals surface area contributed by atoms with Crippen LogP contribution >= 0.6 is 11.5 Å². The number of ether oxygens (including phenoxy) is 3. The van der Waals surface area contributed by atoms with Gasteiger partial charge in [0, 0.05) is 17.7 Å². The number of hydrogen-bond acceptors (Lipinski definition) is 10. The van der Waals surface area contributed by atoms with E-state index in [9.17, 15) is 23.5 Å². The Balaban J connectivity index is 1.71. The highest BCUT2D eigenvalue weighted by molar-refractivity contribution is 7.09. The summed E-state index contributed by atoms with van der Waals surface area (Å²) in [5.74, 6) is -1.08. The van der Waals surface area contributed by atoms with E-state index in [0.717, 1.165) is 11.0 Å². The molecular formula is C26H34F3N5O6S. The zero-order chi connectivity index (χ0) is 30.3. The molecule has 2 aliphatic heterocycles. The lowest BCUT2D eigenvalue weighted by atomic mass is 10.0. The summed E-state index contributed by atoms with van der Waals surface area (Å²) in [6.45, 7) is 10.2. The summed E-state index contributed by atoms with van der Waals surface area (Å²) >= 11 is 0.711. The summed E-state index contributed by atoms with van der Waals surface area (Å²) in [5, 5.41) is 16.8. The third-order valence-electron chi connectivity index (χ3n) is 6.15. The minimum Gasteiger partial charge on any atom is -0.444 e.